The van der Waals surface area contributed by atoms with E-state index in [2.05, 4.69) is 19.9 Å². The summed E-state index contributed by atoms with van der Waals surface area (Å²) in [6, 6.07) is 3.85. The smallest absolute Gasteiger partial charge is 0.151 e. The number of nitrogens with zero attached hydrogens (tertiary/aromatic N) is 4. The van der Waals surface area contributed by atoms with Crippen LogP contribution in [0.4, 0.5) is 5.82 Å². The van der Waals surface area contributed by atoms with Crippen LogP contribution in [0.2, 0.25) is 0 Å². The van der Waals surface area contributed by atoms with E-state index in [1.54, 1.807) is 24.8 Å². The van der Waals surface area contributed by atoms with E-state index in [0.717, 1.165) is 17.0 Å². The van der Waals surface area contributed by atoms with Crippen molar-refractivity contribution in [3.05, 3.63) is 47.7 Å². The molecule has 0 atom stereocenters. The first-order chi connectivity index (χ1) is 7.74. The van der Waals surface area contributed by atoms with Crippen LogP contribution in [-0.2, 0) is 0 Å². The van der Waals surface area contributed by atoms with E-state index in [0.29, 0.717) is 5.82 Å². The van der Waals surface area contributed by atoms with E-state index in [9.17, 15) is 0 Å². The molecule has 4 heteroatoms. The summed E-state index contributed by atoms with van der Waals surface area (Å²) < 4.78 is 0. The molecule has 0 amide bonds. The van der Waals surface area contributed by atoms with Crippen LogP contribution in [0.1, 0.15) is 17.0 Å². The minimum atomic E-state index is 0.686. The van der Waals surface area contributed by atoms with Crippen molar-refractivity contribution in [1.29, 1.82) is 0 Å². The van der Waals surface area contributed by atoms with Gasteiger partial charge < -0.3 is 0 Å². The molecular formula is C12H12N4. The molecule has 0 fully saturated rings. The molecule has 0 aliphatic rings. The number of rotatable bonds is 2. The van der Waals surface area contributed by atoms with Crippen molar-refractivity contribution < 1.29 is 0 Å². The molecule has 0 spiro atoms. The third-order valence-corrected chi connectivity index (χ3v) is 2.04. The topological polar surface area (TPSA) is 51.0 Å². The number of pyridine rings is 1. The monoisotopic (exact) mass is 212 g/mol. The number of aliphatic imine (C=N–C) groups is 1. The maximum atomic E-state index is 4.23. The third-order valence-electron chi connectivity index (χ3n) is 2.04. The highest BCUT2D eigenvalue weighted by Crippen LogP contribution is 2.07. The summed E-state index contributed by atoms with van der Waals surface area (Å²) in [6.07, 6.45) is 6.97. The maximum absolute atomic E-state index is 4.23. The molecule has 0 unspecified atom stereocenters. The second-order valence-electron chi connectivity index (χ2n) is 3.52. The summed E-state index contributed by atoms with van der Waals surface area (Å²) in [5, 5.41) is 0. The molecule has 4 nitrogen and oxygen atoms in total. The number of hydrogen-bond acceptors (Lipinski definition) is 4. The number of aryl methyl sites for hydroxylation is 2. The molecule has 2 heterocycles. The van der Waals surface area contributed by atoms with Crippen molar-refractivity contribution in [2.24, 2.45) is 4.99 Å². The predicted molar refractivity (Wildman–Crippen MR) is 63.0 cm³/mol. The first-order valence-electron chi connectivity index (χ1n) is 4.99. The molecule has 0 aromatic carbocycles. The van der Waals surface area contributed by atoms with Gasteiger partial charge >= 0.3 is 0 Å². The van der Waals surface area contributed by atoms with E-state index in [4.69, 9.17) is 0 Å². The lowest BCUT2D eigenvalue weighted by atomic mass is 10.3. The second-order valence-corrected chi connectivity index (χ2v) is 3.52. The van der Waals surface area contributed by atoms with Crippen LogP contribution in [0.3, 0.4) is 0 Å². The van der Waals surface area contributed by atoms with E-state index in [1.165, 1.54) is 0 Å². The van der Waals surface area contributed by atoms with Crippen molar-refractivity contribution in [2.75, 3.05) is 0 Å². The zero-order chi connectivity index (χ0) is 11.4. The molecule has 0 aliphatic carbocycles. The van der Waals surface area contributed by atoms with Crippen molar-refractivity contribution in [2.45, 2.75) is 13.8 Å². The molecule has 2 aromatic rings. The molecule has 0 radical (unpaired) electrons. The third kappa shape index (κ3) is 2.70. The normalized spacial score (nSPS) is 10.9. The maximum Gasteiger partial charge on any atom is 0.151 e. The minimum absolute atomic E-state index is 0.686. The van der Waals surface area contributed by atoms with E-state index < -0.39 is 0 Å². The SMILES string of the molecule is Cc1ccc(N=Cc2cnc(C)nc2)nc1. The van der Waals surface area contributed by atoms with Crippen molar-refractivity contribution in [1.82, 2.24) is 15.0 Å². The van der Waals surface area contributed by atoms with Gasteiger partial charge in [0.25, 0.3) is 0 Å². The summed E-state index contributed by atoms with van der Waals surface area (Å²) in [5.74, 6) is 1.44. The summed E-state index contributed by atoms with van der Waals surface area (Å²) in [6.45, 7) is 3.84. The van der Waals surface area contributed by atoms with Gasteiger partial charge in [-0.05, 0) is 25.5 Å². The van der Waals surface area contributed by atoms with E-state index >= 15 is 0 Å². The van der Waals surface area contributed by atoms with Crippen LogP contribution in [0.15, 0.2) is 35.7 Å². The fourth-order valence-corrected chi connectivity index (χ4v) is 1.15. The molecule has 0 bridgehead atoms. The summed E-state index contributed by atoms with van der Waals surface area (Å²) in [7, 11) is 0. The van der Waals surface area contributed by atoms with Gasteiger partial charge in [0.1, 0.15) is 5.82 Å². The Balaban J connectivity index is 2.15. The molecule has 80 valence electrons. The molecule has 0 N–H and O–H groups in total. The molecule has 0 saturated carbocycles. The Bertz CT molecular complexity index is 438. The van der Waals surface area contributed by atoms with Crippen molar-refractivity contribution in [3.8, 4) is 0 Å². The second kappa shape index (κ2) is 4.61. The Morgan fingerprint density at radius 1 is 1.00 bits per heavy atom. The Hall–Kier alpha value is -2.10. The van der Waals surface area contributed by atoms with Gasteiger partial charge in [0.2, 0.25) is 0 Å². The lowest BCUT2D eigenvalue weighted by Crippen LogP contribution is -1.89. The Morgan fingerprint density at radius 3 is 2.38 bits per heavy atom. The summed E-state index contributed by atoms with van der Waals surface area (Å²) in [5.41, 5.74) is 1.99. The van der Waals surface area contributed by atoms with Gasteiger partial charge in [-0.3, -0.25) is 0 Å². The van der Waals surface area contributed by atoms with Crippen LogP contribution in [-0.4, -0.2) is 21.2 Å². The van der Waals surface area contributed by atoms with E-state index in [1.807, 2.05) is 26.0 Å². The fourth-order valence-electron chi connectivity index (χ4n) is 1.15. The van der Waals surface area contributed by atoms with Crippen LogP contribution < -0.4 is 0 Å². The van der Waals surface area contributed by atoms with Crippen LogP contribution in [0, 0.1) is 13.8 Å². The van der Waals surface area contributed by atoms with Gasteiger partial charge in [-0.25, -0.2) is 19.9 Å². The predicted octanol–water partition coefficient (Wildman–Crippen LogP) is 2.24. The Kier molecular flexibility index (Phi) is 3.00. The van der Waals surface area contributed by atoms with Gasteiger partial charge in [-0.15, -0.1) is 0 Å². The molecular weight excluding hydrogens is 200 g/mol. The Morgan fingerprint density at radius 2 is 1.75 bits per heavy atom. The lowest BCUT2D eigenvalue weighted by molar-refractivity contribution is 1.05. The van der Waals surface area contributed by atoms with Gasteiger partial charge in [0, 0.05) is 30.4 Å². The number of hydrogen-bond donors (Lipinski definition) is 0. The molecule has 2 aromatic heterocycles. The zero-order valence-electron chi connectivity index (χ0n) is 9.25. The molecule has 16 heavy (non-hydrogen) atoms. The first-order valence-corrected chi connectivity index (χ1v) is 4.99. The summed E-state index contributed by atoms with van der Waals surface area (Å²) in [4.78, 5) is 16.6. The van der Waals surface area contributed by atoms with Crippen LogP contribution in [0.5, 0.6) is 0 Å². The quantitative estimate of drug-likeness (QED) is 0.717. The lowest BCUT2D eigenvalue weighted by Gasteiger charge is -1.94. The van der Waals surface area contributed by atoms with Crippen LogP contribution >= 0.6 is 0 Å². The first kappa shape index (κ1) is 10.4. The van der Waals surface area contributed by atoms with Gasteiger partial charge in [0.05, 0.1) is 0 Å². The Labute approximate surface area is 94.1 Å². The summed E-state index contributed by atoms with van der Waals surface area (Å²) >= 11 is 0. The van der Waals surface area contributed by atoms with Crippen LogP contribution in [0.25, 0.3) is 0 Å². The minimum Gasteiger partial charge on any atom is -0.241 e. The molecule has 0 saturated heterocycles. The fraction of sp³-hybridized carbons (Fsp3) is 0.167. The standard InChI is InChI=1S/C12H12N4/c1-9-3-4-12(15-5-9)16-8-11-6-13-10(2)14-7-11/h3-8H,1-2H3. The largest absolute Gasteiger partial charge is 0.241 e. The highest BCUT2D eigenvalue weighted by molar-refractivity contribution is 5.80. The van der Waals surface area contributed by atoms with E-state index in [-0.39, 0.29) is 0 Å². The zero-order valence-corrected chi connectivity index (χ0v) is 9.25. The van der Waals surface area contributed by atoms with Crippen molar-refractivity contribution in [3.63, 3.8) is 0 Å². The highest BCUT2D eigenvalue weighted by Gasteiger charge is 1.91. The molecule has 0 aliphatic heterocycles. The van der Waals surface area contributed by atoms with Crippen molar-refractivity contribution >= 4 is 12.0 Å². The molecule has 2 rings (SSSR count). The van der Waals surface area contributed by atoms with Gasteiger partial charge in [0.15, 0.2) is 5.82 Å². The highest BCUT2D eigenvalue weighted by atomic mass is 14.9. The average Bonchev–Trinajstić information content (AvgIpc) is 2.30. The van der Waals surface area contributed by atoms with Gasteiger partial charge in [-0.1, -0.05) is 6.07 Å². The van der Waals surface area contributed by atoms with Gasteiger partial charge in [-0.2, -0.15) is 0 Å². The number of aromatic nitrogens is 3. The average molecular weight is 212 g/mol.